The zero-order chi connectivity index (χ0) is 10.1. The van der Waals surface area contributed by atoms with Crippen LogP contribution < -0.4 is 5.73 Å². The number of benzene rings is 1. The molecule has 14 heavy (non-hydrogen) atoms. The Morgan fingerprint density at radius 1 is 1.29 bits per heavy atom. The Morgan fingerprint density at radius 3 is 2.79 bits per heavy atom. The van der Waals surface area contributed by atoms with Gasteiger partial charge >= 0.3 is 0 Å². The summed E-state index contributed by atoms with van der Waals surface area (Å²) in [5.41, 5.74) is 7.96. The molecule has 0 saturated carbocycles. The Morgan fingerprint density at radius 2 is 2.07 bits per heavy atom. The molecule has 0 aliphatic carbocycles. The van der Waals surface area contributed by atoms with Gasteiger partial charge in [0.1, 0.15) is 11.6 Å². The van der Waals surface area contributed by atoms with E-state index in [1.807, 2.05) is 32.0 Å². The molecule has 0 amide bonds. The van der Waals surface area contributed by atoms with E-state index in [4.69, 9.17) is 5.73 Å². The SMILES string of the molecule is CCc1nc(N)c2ccc(C)cc2n1. The highest BCUT2D eigenvalue weighted by molar-refractivity contribution is 5.88. The standard InChI is InChI=1S/C11H13N3/c1-3-10-13-9-6-7(2)4-5-8(9)11(12)14-10/h4-6H,3H2,1-2H3,(H2,12,13,14). The number of aryl methyl sites for hydroxylation is 2. The number of rotatable bonds is 1. The van der Waals surface area contributed by atoms with E-state index in [0.29, 0.717) is 5.82 Å². The van der Waals surface area contributed by atoms with Crippen molar-refractivity contribution >= 4 is 16.7 Å². The van der Waals surface area contributed by atoms with Crippen LogP contribution in [-0.4, -0.2) is 9.97 Å². The molecule has 0 saturated heterocycles. The summed E-state index contributed by atoms with van der Waals surface area (Å²) in [5.74, 6) is 1.38. The Labute approximate surface area is 83.0 Å². The average Bonchev–Trinajstić information content (AvgIpc) is 2.16. The quantitative estimate of drug-likeness (QED) is 0.743. The van der Waals surface area contributed by atoms with E-state index in [0.717, 1.165) is 23.1 Å². The third-order valence-corrected chi connectivity index (χ3v) is 2.24. The summed E-state index contributed by atoms with van der Waals surface area (Å²) in [6, 6.07) is 6.03. The zero-order valence-corrected chi connectivity index (χ0v) is 8.41. The minimum Gasteiger partial charge on any atom is -0.383 e. The van der Waals surface area contributed by atoms with Gasteiger partial charge in [0.05, 0.1) is 5.52 Å². The third kappa shape index (κ3) is 1.41. The smallest absolute Gasteiger partial charge is 0.135 e. The molecular formula is C11H13N3. The van der Waals surface area contributed by atoms with E-state index in [1.165, 1.54) is 5.56 Å². The highest BCUT2D eigenvalue weighted by atomic mass is 14.9. The molecule has 1 aromatic heterocycles. The summed E-state index contributed by atoms with van der Waals surface area (Å²) < 4.78 is 0. The second-order valence-electron chi connectivity index (χ2n) is 3.40. The van der Waals surface area contributed by atoms with Crippen molar-refractivity contribution in [1.29, 1.82) is 0 Å². The van der Waals surface area contributed by atoms with Crippen LogP contribution in [0.5, 0.6) is 0 Å². The van der Waals surface area contributed by atoms with Crippen molar-refractivity contribution in [2.24, 2.45) is 0 Å². The lowest BCUT2D eigenvalue weighted by Crippen LogP contribution is -1.99. The summed E-state index contributed by atoms with van der Waals surface area (Å²) in [4.78, 5) is 8.64. The number of fused-ring (bicyclic) bond motifs is 1. The molecule has 2 rings (SSSR count). The van der Waals surface area contributed by atoms with Gasteiger partial charge in [-0.25, -0.2) is 9.97 Å². The Hall–Kier alpha value is -1.64. The fourth-order valence-electron chi connectivity index (χ4n) is 1.47. The van der Waals surface area contributed by atoms with Gasteiger partial charge in [-0.05, 0) is 24.6 Å². The van der Waals surface area contributed by atoms with Crippen LogP contribution >= 0.6 is 0 Å². The summed E-state index contributed by atoms with van der Waals surface area (Å²) in [6.07, 6.45) is 0.814. The van der Waals surface area contributed by atoms with Crippen LogP contribution in [0.2, 0.25) is 0 Å². The fourth-order valence-corrected chi connectivity index (χ4v) is 1.47. The predicted octanol–water partition coefficient (Wildman–Crippen LogP) is 2.08. The lowest BCUT2D eigenvalue weighted by Gasteiger charge is -2.04. The summed E-state index contributed by atoms with van der Waals surface area (Å²) >= 11 is 0. The Kier molecular flexibility index (Phi) is 2.08. The van der Waals surface area contributed by atoms with Crippen molar-refractivity contribution in [2.45, 2.75) is 20.3 Å². The molecule has 72 valence electrons. The van der Waals surface area contributed by atoms with Gasteiger partial charge < -0.3 is 5.73 Å². The molecule has 1 aromatic carbocycles. The summed E-state index contributed by atoms with van der Waals surface area (Å²) in [5, 5.41) is 0.938. The van der Waals surface area contributed by atoms with Crippen LogP contribution in [-0.2, 0) is 6.42 Å². The lowest BCUT2D eigenvalue weighted by molar-refractivity contribution is 0.965. The molecule has 2 aromatic rings. The molecule has 0 spiro atoms. The fraction of sp³-hybridized carbons (Fsp3) is 0.273. The van der Waals surface area contributed by atoms with Gasteiger partial charge in [-0.3, -0.25) is 0 Å². The number of nitrogen functional groups attached to an aromatic ring is 1. The van der Waals surface area contributed by atoms with Crippen LogP contribution in [0, 0.1) is 6.92 Å². The van der Waals surface area contributed by atoms with Gasteiger partial charge in [-0.1, -0.05) is 13.0 Å². The Balaban J connectivity index is 2.77. The maximum absolute atomic E-state index is 5.83. The monoisotopic (exact) mass is 187 g/mol. The molecule has 0 bridgehead atoms. The van der Waals surface area contributed by atoms with Crippen molar-refractivity contribution in [1.82, 2.24) is 9.97 Å². The first kappa shape index (κ1) is 8.94. The van der Waals surface area contributed by atoms with Crippen molar-refractivity contribution in [3.63, 3.8) is 0 Å². The maximum Gasteiger partial charge on any atom is 0.135 e. The van der Waals surface area contributed by atoms with E-state index in [2.05, 4.69) is 9.97 Å². The van der Waals surface area contributed by atoms with Crippen LogP contribution in [0.1, 0.15) is 18.3 Å². The number of hydrogen-bond donors (Lipinski definition) is 1. The molecule has 0 aliphatic heterocycles. The van der Waals surface area contributed by atoms with Crippen molar-refractivity contribution in [3.8, 4) is 0 Å². The molecular weight excluding hydrogens is 174 g/mol. The molecule has 0 radical (unpaired) electrons. The first-order chi connectivity index (χ1) is 6.70. The number of nitrogens with zero attached hydrogens (tertiary/aromatic N) is 2. The van der Waals surface area contributed by atoms with E-state index < -0.39 is 0 Å². The van der Waals surface area contributed by atoms with Gasteiger partial charge in [0.15, 0.2) is 0 Å². The van der Waals surface area contributed by atoms with Crippen LogP contribution in [0.4, 0.5) is 5.82 Å². The van der Waals surface area contributed by atoms with E-state index in [9.17, 15) is 0 Å². The van der Waals surface area contributed by atoms with E-state index in [-0.39, 0.29) is 0 Å². The average molecular weight is 187 g/mol. The van der Waals surface area contributed by atoms with E-state index >= 15 is 0 Å². The highest BCUT2D eigenvalue weighted by Gasteiger charge is 2.03. The molecule has 0 atom stereocenters. The van der Waals surface area contributed by atoms with Crippen molar-refractivity contribution in [3.05, 3.63) is 29.6 Å². The molecule has 0 aliphatic rings. The minimum absolute atomic E-state index is 0.576. The number of hydrogen-bond acceptors (Lipinski definition) is 3. The summed E-state index contributed by atoms with van der Waals surface area (Å²) in [7, 11) is 0. The normalized spacial score (nSPS) is 10.7. The van der Waals surface area contributed by atoms with Crippen LogP contribution in [0.15, 0.2) is 18.2 Å². The zero-order valence-electron chi connectivity index (χ0n) is 8.41. The van der Waals surface area contributed by atoms with Gasteiger partial charge in [-0.2, -0.15) is 0 Å². The summed E-state index contributed by atoms with van der Waals surface area (Å²) in [6.45, 7) is 4.07. The minimum atomic E-state index is 0.576. The van der Waals surface area contributed by atoms with Gasteiger partial charge in [0.2, 0.25) is 0 Å². The first-order valence-electron chi connectivity index (χ1n) is 4.73. The maximum atomic E-state index is 5.83. The van der Waals surface area contributed by atoms with Gasteiger partial charge in [-0.15, -0.1) is 0 Å². The third-order valence-electron chi connectivity index (χ3n) is 2.24. The number of anilines is 1. The lowest BCUT2D eigenvalue weighted by atomic mass is 10.1. The van der Waals surface area contributed by atoms with Crippen LogP contribution in [0.3, 0.4) is 0 Å². The van der Waals surface area contributed by atoms with Gasteiger partial charge in [0, 0.05) is 11.8 Å². The van der Waals surface area contributed by atoms with E-state index in [1.54, 1.807) is 0 Å². The second-order valence-corrected chi connectivity index (χ2v) is 3.40. The molecule has 3 heteroatoms. The molecule has 0 unspecified atom stereocenters. The molecule has 3 nitrogen and oxygen atoms in total. The topological polar surface area (TPSA) is 51.8 Å². The second kappa shape index (κ2) is 3.25. The molecule has 0 fully saturated rings. The van der Waals surface area contributed by atoms with Gasteiger partial charge in [0.25, 0.3) is 0 Å². The molecule has 1 heterocycles. The van der Waals surface area contributed by atoms with Crippen molar-refractivity contribution in [2.75, 3.05) is 5.73 Å². The molecule has 2 N–H and O–H groups in total. The largest absolute Gasteiger partial charge is 0.383 e. The number of aromatic nitrogens is 2. The predicted molar refractivity (Wildman–Crippen MR) is 58.1 cm³/mol. The highest BCUT2D eigenvalue weighted by Crippen LogP contribution is 2.18. The van der Waals surface area contributed by atoms with Crippen molar-refractivity contribution < 1.29 is 0 Å². The Bertz CT molecular complexity index is 477. The number of nitrogens with two attached hydrogens (primary N) is 1. The van der Waals surface area contributed by atoms with Crippen LogP contribution in [0.25, 0.3) is 10.9 Å². The first-order valence-corrected chi connectivity index (χ1v) is 4.73.